The zero-order chi connectivity index (χ0) is 17.1. The zero-order valence-electron chi connectivity index (χ0n) is 13.4. The Labute approximate surface area is 149 Å². The number of fused-ring (bicyclic) bond motifs is 2. The lowest BCUT2D eigenvalue weighted by Gasteiger charge is -2.09. The molecular weight excluding hydrogens is 342 g/mol. The van der Waals surface area contributed by atoms with E-state index in [1.54, 1.807) is 18.2 Å². The van der Waals surface area contributed by atoms with E-state index in [2.05, 4.69) is 5.32 Å². The summed E-state index contributed by atoms with van der Waals surface area (Å²) < 4.78 is 21.8. The van der Waals surface area contributed by atoms with Gasteiger partial charge in [0.15, 0.2) is 23.0 Å². The number of carbonyl (C=O) groups is 1. The van der Waals surface area contributed by atoms with Gasteiger partial charge in [0.2, 0.25) is 12.7 Å². The molecule has 25 heavy (non-hydrogen) atoms. The van der Waals surface area contributed by atoms with Crippen LogP contribution in [0, 0.1) is 0 Å². The smallest absolute Gasteiger partial charge is 0.234 e. The molecule has 2 aliphatic heterocycles. The fraction of sp³-hybridized carbons (Fsp3) is 0.278. The number of rotatable bonds is 4. The Morgan fingerprint density at radius 1 is 0.920 bits per heavy atom. The van der Waals surface area contributed by atoms with Crippen LogP contribution in [-0.4, -0.2) is 31.7 Å². The molecule has 0 saturated carbocycles. The van der Waals surface area contributed by atoms with Crippen LogP contribution in [-0.2, 0) is 4.79 Å². The minimum atomic E-state index is -0.0871. The molecular formula is C18H17NO5S. The summed E-state index contributed by atoms with van der Waals surface area (Å²) in [5.41, 5.74) is 0.688. The predicted molar refractivity (Wildman–Crippen MR) is 94.0 cm³/mol. The second-order valence-electron chi connectivity index (χ2n) is 5.56. The molecule has 2 heterocycles. The van der Waals surface area contributed by atoms with Crippen LogP contribution >= 0.6 is 11.8 Å². The average molecular weight is 359 g/mol. The Balaban J connectivity index is 1.35. The molecule has 4 rings (SSSR count). The summed E-state index contributed by atoms with van der Waals surface area (Å²) >= 11 is 1.45. The monoisotopic (exact) mass is 359 g/mol. The molecule has 2 aliphatic rings. The number of amides is 1. The molecule has 0 unspecified atom stereocenters. The van der Waals surface area contributed by atoms with Crippen molar-refractivity contribution in [2.24, 2.45) is 0 Å². The second kappa shape index (κ2) is 7.14. The van der Waals surface area contributed by atoms with Crippen LogP contribution in [0.2, 0.25) is 0 Å². The van der Waals surface area contributed by atoms with Gasteiger partial charge in [0, 0.05) is 23.1 Å². The number of anilines is 1. The van der Waals surface area contributed by atoms with Gasteiger partial charge in [0.05, 0.1) is 19.0 Å². The first kappa shape index (κ1) is 16.0. The van der Waals surface area contributed by atoms with Crippen LogP contribution in [0.4, 0.5) is 5.69 Å². The van der Waals surface area contributed by atoms with Crippen molar-refractivity contribution >= 4 is 23.4 Å². The fourth-order valence-electron chi connectivity index (χ4n) is 2.55. The lowest BCUT2D eigenvalue weighted by molar-refractivity contribution is -0.113. The van der Waals surface area contributed by atoms with Gasteiger partial charge in [0.25, 0.3) is 0 Å². The van der Waals surface area contributed by atoms with Crippen molar-refractivity contribution in [3.05, 3.63) is 36.4 Å². The Morgan fingerprint density at radius 3 is 2.56 bits per heavy atom. The van der Waals surface area contributed by atoms with Crippen molar-refractivity contribution in [2.45, 2.75) is 11.3 Å². The van der Waals surface area contributed by atoms with E-state index in [1.165, 1.54) is 11.8 Å². The van der Waals surface area contributed by atoms with E-state index in [1.807, 2.05) is 18.2 Å². The highest BCUT2D eigenvalue weighted by molar-refractivity contribution is 8.00. The number of benzene rings is 2. The van der Waals surface area contributed by atoms with Crippen molar-refractivity contribution in [3.63, 3.8) is 0 Å². The fourth-order valence-corrected chi connectivity index (χ4v) is 3.28. The van der Waals surface area contributed by atoms with E-state index < -0.39 is 0 Å². The summed E-state index contributed by atoms with van der Waals surface area (Å²) in [4.78, 5) is 13.1. The zero-order valence-corrected chi connectivity index (χ0v) is 14.3. The highest BCUT2D eigenvalue weighted by Crippen LogP contribution is 2.35. The van der Waals surface area contributed by atoms with E-state index in [0.29, 0.717) is 36.2 Å². The lowest BCUT2D eigenvalue weighted by atomic mass is 10.3. The topological polar surface area (TPSA) is 66.0 Å². The molecule has 2 aromatic rings. The van der Waals surface area contributed by atoms with Crippen molar-refractivity contribution in [3.8, 4) is 23.0 Å². The molecule has 0 fully saturated rings. The molecule has 0 spiro atoms. The predicted octanol–water partition coefficient (Wildman–Crippen LogP) is 3.31. The summed E-state index contributed by atoms with van der Waals surface area (Å²) in [7, 11) is 0. The van der Waals surface area contributed by atoms with E-state index in [4.69, 9.17) is 18.9 Å². The molecule has 1 amide bonds. The third-order valence-electron chi connectivity index (χ3n) is 3.75. The summed E-state index contributed by atoms with van der Waals surface area (Å²) in [6.07, 6.45) is 0.870. The van der Waals surface area contributed by atoms with Crippen LogP contribution in [0.3, 0.4) is 0 Å². The maximum atomic E-state index is 12.2. The summed E-state index contributed by atoms with van der Waals surface area (Å²) in [5, 5.41) is 2.86. The van der Waals surface area contributed by atoms with Crippen molar-refractivity contribution in [1.82, 2.24) is 0 Å². The highest BCUT2D eigenvalue weighted by atomic mass is 32.2. The summed E-state index contributed by atoms with van der Waals surface area (Å²) in [6.45, 7) is 1.52. The van der Waals surface area contributed by atoms with Gasteiger partial charge in [-0.3, -0.25) is 4.79 Å². The Morgan fingerprint density at radius 2 is 1.64 bits per heavy atom. The largest absolute Gasteiger partial charge is 0.490 e. The average Bonchev–Trinajstić information content (AvgIpc) is 2.96. The molecule has 130 valence electrons. The molecule has 0 aromatic heterocycles. The molecule has 2 aromatic carbocycles. The Kier molecular flexibility index (Phi) is 4.56. The number of hydrogen-bond acceptors (Lipinski definition) is 6. The van der Waals surface area contributed by atoms with Gasteiger partial charge in [-0.05, 0) is 30.3 Å². The minimum absolute atomic E-state index is 0.0871. The van der Waals surface area contributed by atoms with Crippen LogP contribution in [0.1, 0.15) is 6.42 Å². The van der Waals surface area contributed by atoms with Crippen LogP contribution in [0.25, 0.3) is 0 Å². The molecule has 0 aliphatic carbocycles. The second-order valence-corrected chi connectivity index (χ2v) is 6.61. The van der Waals surface area contributed by atoms with Crippen molar-refractivity contribution in [1.29, 1.82) is 0 Å². The first-order chi connectivity index (χ1) is 12.3. The molecule has 0 bridgehead atoms. The lowest BCUT2D eigenvalue weighted by Crippen LogP contribution is -2.13. The number of carbonyl (C=O) groups excluding carboxylic acids is 1. The molecule has 0 saturated heterocycles. The maximum Gasteiger partial charge on any atom is 0.234 e. The normalized spacial score (nSPS) is 14.7. The quantitative estimate of drug-likeness (QED) is 0.845. The molecule has 6 nitrogen and oxygen atoms in total. The number of hydrogen-bond donors (Lipinski definition) is 1. The van der Waals surface area contributed by atoms with Crippen LogP contribution in [0.5, 0.6) is 23.0 Å². The van der Waals surface area contributed by atoms with Crippen LogP contribution in [0.15, 0.2) is 41.3 Å². The molecule has 0 radical (unpaired) electrons. The van der Waals surface area contributed by atoms with Gasteiger partial charge in [-0.25, -0.2) is 0 Å². The van der Waals surface area contributed by atoms with Gasteiger partial charge >= 0.3 is 0 Å². The minimum Gasteiger partial charge on any atom is -0.490 e. The molecule has 0 atom stereocenters. The summed E-state index contributed by atoms with van der Waals surface area (Å²) in [6, 6.07) is 11.1. The third kappa shape index (κ3) is 3.76. The van der Waals surface area contributed by atoms with E-state index in [9.17, 15) is 4.79 Å². The van der Waals surface area contributed by atoms with E-state index in [0.717, 1.165) is 22.8 Å². The SMILES string of the molecule is O=C(CSc1ccc2c(c1)OCCCO2)Nc1ccc2c(c1)OCO2. The maximum absolute atomic E-state index is 12.2. The highest BCUT2D eigenvalue weighted by Gasteiger charge is 2.15. The first-order valence-electron chi connectivity index (χ1n) is 8.00. The Hall–Kier alpha value is -2.54. The molecule has 1 N–H and O–H groups in total. The van der Waals surface area contributed by atoms with Crippen LogP contribution < -0.4 is 24.3 Å². The van der Waals surface area contributed by atoms with Gasteiger partial charge in [0.1, 0.15) is 0 Å². The number of ether oxygens (including phenoxy) is 4. The standard InChI is InChI=1S/C18H17NO5S/c20-18(19-12-2-4-15-16(8-12)24-11-23-15)10-25-13-3-5-14-17(9-13)22-7-1-6-21-14/h2-5,8-9H,1,6-7,10-11H2,(H,19,20). The van der Waals surface area contributed by atoms with Gasteiger partial charge in [-0.1, -0.05) is 0 Å². The third-order valence-corrected chi connectivity index (χ3v) is 4.74. The van der Waals surface area contributed by atoms with E-state index >= 15 is 0 Å². The van der Waals surface area contributed by atoms with Gasteiger partial charge in [-0.15, -0.1) is 11.8 Å². The number of nitrogens with one attached hydrogen (secondary N) is 1. The number of thioether (sulfide) groups is 1. The van der Waals surface area contributed by atoms with Crippen molar-refractivity contribution in [2.75, 3.05) is 31.1 Å². The molecule has 7 heteroatoms. The van der Waals surface area contributed by atoms with E-state index in [-0.39, 0.29) is 12.7 Å². The van der Waals surface area contributed by atoms with Gasteiger partial charge in [-0.2, -0.15) is 0 Å². The Bertz CT molecular complexity index is 795. The van der Waals surface area contributed by atoms with Gasteiger partial charge < -0.3 is 24.3 Å². The summed E-state index contributed by atoms with van der Waals surface area (Å²) in [5.74, 6) is 3.04. The van der Waals surface area contributed by atoms with Crippen molar-refractivity contribution < 1.29 is 23.7 Å². The first-order valence-corrected chi connectivity index (χ1v) is 8.98.